The monoisotopic (exact) mass is 796 g/mol. The molecule has 9 aromatic carbocycles. The van der Waals surface area contributed by atoms with Gasteiger partial charge >= 0.3 is 0 Å². The van der Waals surface area contributed by atoms with Crippen molar-refractivity contribution in [1.82, 2.24) is 0 Å². The molecule has 0 saturated carbocycles. The number of benzene rings is 9. The average molecular weight is 797 g/mol. The highest BCUT2D eigenvalue weighted by Crippen LogP contribution is 2.56. The summed E-state index contributed by atoms with van der Waals surface area (Å²) < 4.78 is 0. The summed E-state index contributed by atoms with van der Waals surface area (Å²) in [6.45, 7) is 9.54. The van der Waals surface area contributed by atoms with Crippen LogP contribution in [0.1, 0.15) is 49.9 Å². The highest BCUT2D eigenvalue weighted by molar-refractivity contribution is 5.92. The summed E-state index contributed by atoms with van der Waals surface area (Å²) in [6, 6.07) is 80.3. The van der Waals surface area contributed by atoms with Gasteiger partial charge < -0.3 is 9.80 Å². The summed E-state index contributed by atoms with van der Waals surface area (Å²) in [4.78, 5) is 4.93. The first-order chi connectivity index (χ1) is 30.3. The molecule has 0 amide bonds. The van der Waals surface area contributed by atoms with Crippen molar-refractivity contribution in [3.8, 4) is 44.5 Å². The van der Waals surface area contributed by atoms with Crippen LogP contribution < -0.4 is 9.80 Å². The number of fused-ring (bicyclic) bond motifs is 5. The zero-order valence-electron chi connectivity index (χ0n) is 35.7. The van der Waals surface area contributed by atoms with Gasteiger partial charge in [0.25, 0.3) is 0 Å². The maximum Gasteiger partial charge on any atom is 0.0504 e. The third kappa shape index (κ3) is 6.17. The van der Waals surface area contributed by atoms with Gasteiger partial charge in [-0.15, -0.1) is 0 Å². The summed E-state index contributed by atoms with van der Waals surface area (Å²) in [7, 11) is 0. The standard InChI is InChI=1S/C60H48N2/c1-59(2)53-23-15-14-22-51(53)52-35-33-50(39-54(52)59)62-57-36-28-46(43-20-12-7-13-21-43)38-55(57)60(3,4)56-40-49(34-37-58(56)62)61(47-29-24-44(25-30-47)41-16-8-5-9-17-41)48-31-26-45(27-32-48)42-18-10-6-11-19-42/h5-40H,1-4H3. The molecule has 62 heavy (non-hydrogen) atoms. The van der Waals surface area contributed by atoms with Gasteiger partial charge in [0.1, 0.15) is 0 Å². The number of hydrogen-bond donors (Lipinski definition) is 0. The molecule has 0 aromatic heterocycles. The van der Waals surface area contributed by atoms with E-state index in [-0.39, 0.29) is 10.8 Å². The molecule has 1 aliphatic carbocycles. The Hall–Kier alpha value is -7.42. The van der Waals surface area contributed by atoms with E-state index in [2.05, 4.69) is 256 Å². The minimum absolute atomic E-state index is 0.115. The first-order valence-corrected chi connectivity index (χ1v) is 21.8. The van der Waals surface area contributed by atoms with Gasteiger partial charge in [-0.25, -0.2) is 0 Å². The van der Waals surface area contributed by atoms with Gasteiger partial charge in [-0.05, 0) is 133 Å². The molecular formula is C60H48N2. The van der Waals surface area contributed by atoms with Gasteiger partial charge in [-0.1, -0.05) is 179 Å². The molecule has 0 bridgehead atoms. The largest absolute Gasteiger partial charge is 0.310 e. The second kappa shape index (κ2) is 14.6. The van der Waals surface area contributed by atoms with Crippen LogP contribution in [0.15, 0.2) is 218 Å². The van der Waals surface area contributed by atoms with E-state index in [0.717, 1.165) is 17.1 Å². The van der Waals surface area contributed by atoms with Crippen LogP contribution in [-0.4, -0.2) is 0 Å². The Morgan fingerprint density at radius 3 is 1.31 bits per heavy atom. The Bertz CT molecular complexity index is 3010. The van der Waals surface area contributed by atoms with Crippen molar-refractivity contribution in [1.29, 1.82) is 0 Å². The molecular weight excluding hydrogens is 749 g/mol. The molecule has 0 saturated heterocycles. The van der Waals surface area contributed by atoms with Gasteiger partial charge in [-0.2, -0.15) is 0 Å². The Kier molecular flexibility index (Phi) is 8.87. The fourth-order valence-electron chi connectivity index (χ4n) is 10.1. The quantitative estimate of drug-likeness (QED) is 0.158. The van der Waals surface area contributed by atoms with Crippen LogP contribution in [0.2, 0.25) is 0 Å². The number of anilines is 6. The van der Waals surface area contributed by atoms with Crippen molar-refractivity contribution in [3.05, 3.63) is 241 Å². The van der Waals surface area contributed by atoms with E-state index >= 15 is 0 Å². The lowest BCUT2D eigenvalue weighted by atomic mass is 9.72. The van der Waals surface area contributed by atoms with E-state index in [1.54, 1.807) is 0 Å². The third-order valence-corrected chi connectivity index (χ3v) is 13.5. The molecule has 0 atom stereocenters. The molecule has 11 rings (SSSR count). The van der Waals surface area contributed by atoms with Crippen LogP contribution >= 0.6 is 0 Å². The molecule has 2 heteroatoms. The van der Waals surface area contributed by atoms with E-state index < -0.39 is 0 Å². The van der Waals surface area contributed by atoms with Gasteiger partial charge in [0.15, 0.2) is 0 Å². The van der Waals surface area contributed by atoms with Crippen molar-refractivity contribution in [3.63, 3.8) is 0 Å². The van der Waals surface area contributed by atoms with Crippen molar-refractivity contribution >= 4 is 34.1 Å². The van der Waals surface area contributed by atoms with Gasteiger partial charge in [-0.3, -0.25) is 0 Å². The summed E-state index contributed by atoms with van der Waals surface area (Å²) in [5, 5.41) is 0. The highest BCUT2D eigenvalue weighted by Gasteiger charge is 2.40. The molecule has 1 heterocycles. The number of hydrogen-bond acceptors (Lipinski definition) is 2. The van der Waals surface area contributed by atoms with Crippen molar-refractivity contribution in [2.75, 3.05) is 9.80 Å². The molecule has 9 aromatic rings. The fourth-order valence-corrected chi connectivity index (χ4v) is 10.1. The smallest absolute Gasteiger partial charge is 0.0504 e. The van der Waals surface area contributed by atoms with E-state index in [9.17, 15) is 0 Å². The zero-order valence-corrected chi connectivity index (χ0v) is 35.7. The van der Waals surface area contributed by atoms with Crippen LogP contribution in [0.25, 0.3) is 44.5 Å². The Balaban J connectivity index is 1.09. The summed E-state index contributed by atoms with van der Waals surface area (Å²) in [5.41, 5.74) is 21.7. The van der Waals surface area contributed by atoms with Crippen LogP contribution in [0, 0.1) is 0 Å². The maximum atomic E-state index is 2.52. The fraction of sp³-hybridized carbons (Fsp3) is 0.100. The lowest BCUT2D eigenvalue weighted by Gasteiger charge is -2.43. The van der Waals surface area contributed by atoms with Crippen LogP contribution in [0.3, 0.4) is 0 Å². The minimum atomic E-state index is -0.325. The third-order valence-electron chi connectivity index (χ3n) is 13.5. The SMILES string of the molecule is CC1(C)c2ccccc2-c2ccc(N3c4ccc(-c5ccccc5)cc4C(C)(C)c4cc(N(c5ccc(-c6ccccc6)cc5)c5ccc(-c6ccccc6)cc5)ccc43)cc21. The van der Waals surface area contributed by atoms with Gasteiger partial charge in [0, 0.05) is 33.6 Å². The molecule has 2 aliphatic rings. The summed E-state index contributed by atoms with van der Waals surface area (Å²) in [5.74, 6) is 0. The van der Waals surface area contributed by atoms with Crippen LogP contribution in [0.5, 0.6) is 0 Å². The highest BCUT2D eigenvalue weighted by atomic mass is 15.2. The van der Waals surface area contributed by atoms with E-state index in [1.165, 1.54) is 83.8 Å². The predicted octanol–water partition coefficient (Wildman–Crippen LogP) is 16.6. The molecule has 2 nitrogen and oxygen atoms in total. The number of nitrogens with zero attached hydrogens (tertiary/aromatic N) is 2. The normalized spacial score (nSPS) is 14.0. The predicted molar refractivity (Wildman–Crippen MR) is 262 cm³/mol. The average Bonchev–Trinajstić information content (AvgIpc) is 3.55. The lowest BCUT2D eigenvalue weighted by molar-refractivity contribution is 0.632. The molecule has 0 unspecified atom stereocenters. The van der Waals surface area contributed by atoms with Crippen LogP contribution in [-0.2, 0) is 10.8 Å². The van der Waals surface area contributed by atoms with Crippen molar-refractivity contribution < 1.29 is 0 Å². The van der Waals surface area contributed by atoms with E-state index in [1.807, 2.05) is 0 Å². The summed E-state index contributed by atoms with van der Waals surface area (Å²) >= 11 is 0. The Labute approximate surface area is 366 Å². The maximum absolute atomic E-state index is 2.52. The molecule has 0 spiro atoms. The van der Waals surface area contributed by atoms with Gasteiger partial charge in [0.05, 0.1) is 11.4 Å². The van der Waals surface area contributed by atoms with Gasteiger partial charge in [0.2, 0.25) is 0 Å². The number of rotatable bonds is 7. The molecule has 0 radical (unpaired) electrons. The molecule has 298 valence electrons. The molecule has 0 N–H and O–H groups in total. The summed E-state index contributed by atoms with van der Waals surface area (Å²) in [6.07, 6.45) is 0. The minimum Gasteiger partial charge on any atom is -0.310 e. The van der Waals surface area contributed by atoms with Crippen LogP contribution in [0.4, 0.5) is 34.1 Å². The first-order valence-electron chi connectivity index (χ1n) is 21.8. The molecule has 1 aliphatic heterocycles. The van der Waals surface area contributed by atoms with Crippen molar-refractivity contribution in [2.45, 2.75) is 38.5 Å². The second-order valence-corrected chi connectivity index (χ2v) is 17.8. The molecule has 0 fully saturated rings. The second-order valence-electron chi connectivity index (χ2n) is 17.8. The zero-order chi connectivity index (χ0) is 42.0. The lowest BCUT2D eigenvalue weighted by Crippen LogP contribution is -2.31. The Morgan fingerprint density at radius 1 is 0.306 bits per heavy atom. The first kappa shape index (κ1) is 37.6. The van der Waals surface area contributed by atoms with E-state index in [0.29, 0.717) is 0 Å². The van der Waals surface area contributed by atoms with E-state index in [4.69, 9.17) is 0 Å². The topological polar surface area (TPSA) is 6.48 Å². The Morgan fingerprint density at radius 2 is 0.726 bits per heavy atom. The van der Waals surface area contributed by atoms with Crippen molar-refractivity contribution in [2.24, 2.45) is 0 Å².